The summed E-state index contributed by atoms with van der Waals surface area (Å²) in [5.74, 6) is -2.12. The first-order valence-corrected chi connectivity index (χ1v) is 11.9. The molecule has 2 aliphatic rings. The third kappa shape index (κ3) is 4.58. The van der Waals surface area contributed by atoms with Crippen LogP contribution < -0.4 is 21.1 Å². The van der Waals surface area contributed by atoms with Crippen LogP contribution in [0.4, 0.5) is 25.8 Å². The fourth-order valence-corrected chi connectivity index (χ4v) is 4.48. The van der Waals surface area contributed by atoms with Gasteiger partial charge in [-0.05, 0) is 55.5 Å². The minimum Gasteiger partial charge on any atom is -0.382 e. The van der Waals surface area contributed by atoms with Gasteiger partial charge >= 0.3 is 0 Å². The maximum absolute atomic E-state index is 14.3. The Balaban J connectivity index is 1.52. The van der Waals surface area contributed by atoms with Crippen LogP contribution in [0.3, 0.4) is 0 Å². The van der Waals surface area contributed by atoms with E-state index >= 15 is 0 Å². The highest BCUT2D eigenvalue weighted by Gasteiger charge is 2.28. The van der Waals surface area contributed by atoms with Gasteiger partial charge in [0.2, 0.25) is 0 Å². The van der Waals surface area contributed by atoms with Crippen molar-refractivity contribution in [2.24, 2.45) is 5.92 Å². The molecule has 2 fully saturated rings. The van der Waals surface area contributed by atoms with Crippen LogP contribution in [0, 0.1) is 23.0 Å². The van der Waals surface area contributed by atoms with Gasteiger partial charge < -0.3 is 20.9 Å². The molecule has 0 bridgehead atoms. The van der Waals surface area contributed by atoms with Crippen LogP contribution in [0.1, 0.15) is 42.2 Å². The summed E-state index contributed by atoms with van der Waals surface area (Å²) in [5, 5.41) is 18.4. The normalized spacial score (nSPS) is 17.2. The minimum atomic E-state index is -0.970. The van der Waals surface area contributed by atoms with E-state index in [-0.39, 0.29) is 5.69 Å². The Hall–Kier alpha value is -4.08. The number of hydrogen-bond donors (Lipinski definition) is 3. The number of halogens is 2. The van der Waals surface area contributed by atoms with E-state index < -0.39 is 28.8 Å². The molecule has 1 aliphatic carbocycles. The van der Waals surface area contributed by atoms with Gasteiger partial charge in [-0.2, -0.15) is 9.78 Å². The topological polar surface area (TPSA) is 103 Å². The maximum Gasteiger partial charge on any atom is 0.276 e. The first-order valence-electron chi connectivity index (χ1n) is 11.9. The monoisotopic (exact) mass is 492 g/mol. The molecule has 1 amide bonds. The lowest BCUT2D eigenvalue weighted by Crippen LogP contribution is -2.27. The molecule has 3 aromatic rings. The van der Waals surface area contributed by atoms with Crippen LogP contribution in [-0.4, -0.2) is 41.0 Å². The Bertz CT molecular complexity index is 1380. The van der Waals surface area contributed by atoms with Crippen molar-refractivity contribution in [3.05, 3.63) is 75.7 Å². The molecule has 36 heavy (non-hydrogen) atoms. The summed E-state index contributed by atoms with van der Waals surface area (Å²) in [6, 6.07) is 9.46. The molecule has 186 valence electrons. The zero-order chi connectivity index (χ0) is 25.4. The highest BCUT2D eigenvalue weighted by molar-refractivity contribution is 6.08. The fourth-order valence-electron chi connectivity index (χ4n) is 4.48. The molecule has 1 saturated carbocycles. The Morgan fingerprint density at radius 1 is 1.06 bits per heavy atom. The van der Waals surface area contributed by atoms with Crippen molar-refractivity contribution in [3.8, 4) is 5.69 Å². The number of benzene rings is 2. The zero-order valence-electron chi connectivity index (χ0n) is 19.7. The molecule has 5 rings (SSSR count). The number of rotatable bonds is 7. The second kappa shape index (κ2) is 9.52. The van der Waals surface area contributed by atoms with E-state index in [0.29, 0.717) is 27.9 Å². The predicted octanol–water partition coefficient (Wildman–Crippen LogP) is 4.18. The van der Waals surface area contributed by atoms with E-state index in [1.165, 1.54) is 18.3 Å². The van der Waals surface area contributed by atoms with E-state index in [1.54, 1.807) is 6.07 Å². The Morgan fingerprint density at radius 2 is 1.78 bits per heavy atom. The quantitative estimate of drug-likeness (QED) is 0.430. The van der Waals surface area contributed by atoms with Gasteiger partial charge in [0.1, 0.15) is 11.4 Å². The van der Waals surface area contributed by atoms with Crippen molar-refractivity contribution < 1.29 is 13.6 Å². The first kappa shape index (κ1) is 23.7. The molecule has 1 saturated heterocycles. The summed E-state index contributed by atoms with van der Waals surface area (Å²) < 4.78 is 29.1. The molecule has 3 N–H and O–H groups in total. The minimum absolute atomic E-state index is 0.186. The number of amides is 1. The number of aromatic nitrogens is 2. The Kier molecular flexibility index (Phi) is 6.26. The van der Waals surface area contributed by atoms with Gasteiger partial charge in [0.15, 0.2) is 11.6 Å². The third-order valence-electron chi connectivity index (χ3n) is 6.47. The highest BCUT2D eigenvalue weighted by atomic mass is 19.1. The van der Waals surface area contributed by atoms with Gasteiger partial charge in [0.05, 0.1) is 11.4 Å². The highest BCUT2D eigenvalue weighted by Crippen LogP contribution is 2.39. The summed E-state index contributed by atoms with van der Waals surface area (Å²) in [6.45, 7) is 3.73. The summed E-state index contributed by atoms with van der Waals surface area (Å²) in [6.07, 6.45) is 4.44. The SMILES string of the molecule is C[C@H]1CCN(c2c(NC(=O)c3ccc(=O)n(-c4c(F)cccc4F)n3)ccc(NC3CC3)c2C=N)C1. The Labute approximate surface area is 206 Å². The molecular formula is C26H26F2N6O2. The van der Waals surface area contributed by atoms with Crippen LogP contribution >= 0.6 is 0 Å². The summed E-state index contributed by atoms with van der Waals surface area (Å²) in [7, 11) is 0. The van der Waals surface area contributed by atoms with E-state index in [9.17, 15) is 18.4 Å². The number of hydrogen-bond acceptors (Lipinski definition) is 6. The second-order valence-corrected chi connectivity index (χ2v) is 9.32. The van der Waals surface area contributed by atoms with E-state index in [0.717, 1.165) is 61.9 Å². The van der Waals surface area contributed by atoms with Crippen molar-refractivity contribution in [1.29, 1.82) is 5.41 Å². The lowest BCUT2D eigenvalue weighted by molar-refractivity contribution is 0.102. The van der Waals surface area contributed by atoms with Crippen molar-refractivity contribution in [1.82, 2.24) is 9.78 Å². The summed E-state index contributed by atoms with van der Waals surface area (Å²) >= 11 is 0. The average molecular weight is 493 g/mol. The van der Waals surface area contributed by atoms with Crippen LogP contribution in [0.5, 0.6) is 0 Å². The van der Waals surface area contributed by atoms with Crippen molar-refractivity contribution in [2.75, 3.05) is 28.6 Å². The lowest BCUT2D eigenvalue weighted by atomic mass is 10.1. The molecule has 10 heteroatoms. The molecule has 2 aromatic carbocycles. The maximum atomic E-state index is 14.3. The molecule has 1 aliphatic heterocycles. The molecule has 8 nitrogen and oxygen atoms in total. The standard InChI is InChI=1S/C26H26F2N6O2/c1-15-11-12-33(14-15)24-17(13-29)20(30-16-5-6-16)7-8-21(24)31-26(36)22-9-10-23(35)34(32-22)25-18(27)3-2-4-19(25)28/h2-4,7-10,13,15-16,29-30H,5-6,11-12,14H2,1H3,(H,31,36)/t15-/m0/s1. The van der Waals surface area contributed by atoms with Gasteiger partial charge in [-0.15, -0.1) is 0 Å². The largest absolute Gasteiger partial charge is 0.382 e. The number of para-hydroxylation sites is 1. The average Bonchev–Trinajstić information content (AvgIpc) is 3.57. The molecule has 1 aromatic heterocycles. The Morgan fingerprint density at radius 3 is 2.42 bits per heavy atom. The van der Waals surface area contributed by atoms with Crippen LogP contribution in [0.25, 0.3) is 5.69 Å². The smallest absolute Gasteiger partial charge is 0.276 e. The molecule has 0 spiro atoms. The van der Waals surface area contributed by atoms with Gasteiger partial charge in [-0.1, -0.05) is 13.0 Å². The number of carbonyl (C=O) groups is 1. The van der Waals surface area contributed by atoms with Gasteiger partial charge in [0.25, 0.3) is 11.5 Å². The lowest BCUT2D eigenvalue weighted by Gasteiger charge is -2.26. The van der Waals surface area contributed by atoms with E-state index in [2.05, 4.69) is 27.6 Å². The number of nitrogens with one attached hydrogen (secondary N) is 3. The number of anilines is 3. The van der Waals surface area contributed by atoms with Gasteiger partial charge in [-0.3, -0.25) is 9.59 Å². The number of carbonyl (C=O) groups excluding carboxylic acids is 1. The van der Waals surface area contributed by atoms with E-state index in [4.69, 9.17) is 5.41 Å². The fraction of sp³-hybridized carbons (Fsp3) is 0.308. The summed E-state index contributed by atoms with van der Waals surface area (Å²) in [4.78, 5) is 27.7. The first-order chi connectivity index (χ1) is 17.4. The van der Waals surface area contributed by atoms with Gasteiger partial charge in [0, 0.05) is 42.7 Å². The summed E-state index contributed by atoms with van der Waals surface area (Å²) in [5.41, 5.74) is 1.14. The van der Waals surface area contributed by atoms with Crippen molar-refractivity contribution in [3.63, 3.8) is 0 Å². The van der Waals surface area contributed by atoms with Crippen molar-refractivity contribution in [2.45, 2.75) is 32.2 Å². The third-order valence-corrected chi connectivity index (χ3v) is 6.47. The second-order valence-electron chi connectivity index (χ2n) is 9.32. The van der Waals surface area contributed by atoms with Crippen molar-refractivity contribution >= 4 is 29.2 Å². The van der Waals surface area contributed by atoms with E-state index in [1.807, 2.05) is 6.07 Å². The zero-order valence-corrected chi connectivity index (χ0v) is 19.7. The molecule has 2 heterocycles. The molecule has 0 radical (unpaired) electrons. The predicted molar refractivity (Wildman–Crippen MR) is 135 cm³/mol. The van der Waals surface area contributed by atoms with Gasteiger partial charge in [-0.25, -0.2) is 8.78 Å². The van der Waals surface area contributed by atoms with Crippen LogP contribution in [-0.2, 0) is 0 Å². The molecular weight excluding hydrogens is 466 g/mol. The van der Waals surface area contributed by atoms with Crippen LogP contribution in [0.2, 0.25) is 0 Å². The molecule has 0 unspecified atom stereocenters. The number of nitrogens with zero attached hydrogens (tertiary/aromatic N) is 3. The van der Waals surface area contributed by atoms with Crippen LogP contribution in [0.15, 0.2) is 47.3 Å². The molecule has 1 atom stereocenters.